The van der Waals surface area contributed by atoms with Crippen molar-refractivity contribution in [1.29, 1.82) is 0 Å². The zero-order valence-corrected chi connectivity index (χ0v) is 11.4. The van der Waals surface area contributed by atoms with Gasteiger partial charge in [-0.3, -0.25) is 4.79 Å². The lowest BCUT2D eigenvalue weighted by Gasteiger charge is -2.23. The normalized spacial score (nSPS) is 10.8. The Morgan fingerprint density at radius 1 is 1.10 bits per heavy atom. The summed E-state index contributed by atoms with van der Waals surface area (Å²) in [6.45, 7) is 4.93. The summed E-state index contributed by atoms with van der Waals surface area (Å²) in [7, 11) is 0. The Morgan fingerprint density at radius 2 is 1.55 bits per heavy atom. The highest BCUT2D eigenvalue weighted by Gasteiger charge is 2.25. The molecule has 3 N–H and O–H groups in total. The molecule has 0 fully saturated rings. The molecule has 0 aliphatic carbocycles. The number of nitrogens with zero attached hydrogens (tertiary/aromatic N) is 1. The van der Waals surface area contributed by atoms with Crippen LogP contribution in [0.3, 0.4) is 0 Å². The van der Waals surface area contributed by atoms with E-state index in [0.29, 0.717) is 5.01 Å². The van der Waals surface area contributed by atoms with Gasteiger partial charge in [-0.15, -0.1) is 0 Å². The molecule has 0 unspecified atom stereocenters. The molecule has 20 heavy (non-hydrogen) atoms. The molecule has 0 atom stereocenters. The number of carboxylic acid groups (broad SMARTS) is 1. The monoisotopic (exact) mass is 280 g/mol. The van der Waals surface area contributed by atoms with Crippen LogP contribution in [0, 0.1) is 0 Å². The van der Waals surface area contributed by atoms with Crippen molar-refractivity contribution in [1.82, 2.24) is 5.01 Å². The average molecular weight is 280 g/mol. The predicted molar refractivity (Wildman–Crippen MR) is 70.0 cm³/mol. The van der Waals surface area contributed by atoms with Crippen LogP contribution in [0.1, 0.15) is 41.5 Å². The Bertz CT molecular complexity index is 531. The van der Waals surface area contributed by atoms with E-state index in [1.807, 2.05) is 0 Å². The molecule has 0 spiro atoms. The smallest absolute Gasteiger partial charge is 0.432 e. The van der Waals surface area contributed by atoms with Crippen molar-refractivity contribution in [3.63, 3.8) is 0 Å². The van der Waals surface area contributed by atoms with Crippen molar-refractivity contribution >= 4 is 18.0 Å². The average Bonchev–Trinajstić information content (AvgIpc) is 2.35. The van der Waals surface area contributed by atoms with E-state index in [4.69, 9.17) is 15.7 Å². The number of hydrogen-bond donors (Lipinski definition) is 2. The van der Waals surface area contributed by atoms with Gasteiger partial charge in [0.15, 0.2) is 0 Å². The van der Waals surface area contributed by atoms with Crippen molar-refractivity contribution in [2.24, 2.45) is 5.84 Å². The van der Waals surface area contributed by atoms with Gasteiger partial charge in [0.2, 0.25) is 0 Å². The van der Waals surface area contributed by atoms with E-state index >= 15 is 0 Å². The number of aromatic carboxylic acids is 1. The third-order valence-electron chi connectivity index (χ3n) is 2.19. The van der Waals surface area contributed by atoms with Gasteiger partial charge in [0, 0.05) is 5.56 Å². The van der Waals surface area contributed by atoms with Gasteiger partial charge in [-0.05, 0) is 45.0 Å². The number of carbonyl (C=O) groups excluding carboxylic acids is 2. The molecule has 0 aliphatic heterocycles. The maximum absolute atomic E-state index is 11.9. The van der Waals surface area contributed by atoms with E-state index in [2.05, 4.69) is 0 Å². The van der Waals surface area contributed by atoms with Crippen LogP contribution in [-0.2, 0) is 4.74 Å². The highest BCUT2D eigenvalue weighted by molar-refractivity contribution is 6.02. The highest BCUT2D eigenvalue weighted by atomic mass is 16.6. The van der Waals surface area contributed by atoms with Gasteiger partial charge in [0.05, 0.1) is 5.56 Å². The van der Waals surface area contributed by atoms with Crippen molar-refractivity contribution in [2.45, 2.75) is 26.4 Å². The second kappa shape index (κ2) is 5.70. The van der Waals surface area contributed by atoms with Crippen molar-refractivity contribution < 1.29 is 24.2 Å². The lowest BCUT2D eigenvalue weighted by Crippen LogP contribution is -2.45. The SMILES string of the molecule is CC(C)(C)OC(=O)N(N)C(=O)c1ccc(C(=O)O)cc1. The van der Waals surface area contributed by atoms with Gasteiger partial charge in [0.25, 0.3) is 5.91 Å². The summed E-state index contributed by atoms with van der Waals surface area (Å²) in [6.07, 6.45) is -0.982. The Labute approximate surface area is 115 Å². The number of nitrogens with two attached hydrogens (primary N) is 1. The second-order valence-corrected chi connectivity index (χ2v) is 5.04. The quantitative estimate of drug-likeness (QED) is 0.484. The molecule has 0 radical (unpaired) electrons. The summed E-state index contributed by atoms with van der Waals surface area (Å²) < 4.78 is 4.95. The maximum atomic E-state index is 11.9. The van der Waals surface area contributed by atoms with Gasteiger partial charge in [0.1, 0.15) is 5.60 Å². The molecule has 2 amide bonds. The van der Waals surface area contributed by atoms with E-state index < -0.39 is 23.6 Å². The van der Waals surface area contributed by atoms with Crippen molar-refractivity contribution in [2.75, 3.05) is 0 Å². The molecule has 0 bridgehead atoms. The molecular weight excluding hydrogens is 264 g/mol. The number of hydrazine groups is 1. The Hall–Kier alpha value is -2.41. The first-order valence-electron chi connectivity index (χ1n) is 5.77. The maximum Gasteiger partial charge on any atom is 0.432 e. The van der Waals surface area contributed by atoms with Gasteiger partial charge in [-0.25, -0.2) is 15.4 Å². The van der Waals surface area contributed by atoms with E-state index in [-0.39, 0.29) is 11.1 Å². The molecule has 0 saturated carbocycles. The van der Waals surface area contributed by atoms with E-state index in [9.17, 15) is 14.4 Å². The number of hydrogen-bond acceptors (Lipinski definition) is 5. The standard InChI is InChI=1S/C13H16N2O5/c1-13(2,3)20-12(19)15(14)10(16)8-4-6-9(7-5-8)11(17)18/h4-7H,14H2,1-3H3,(H,17,18). The van der Waals surface area contributed by atoms with E-state index in [1.165, 1.54) is 24.3 Å². The van der Waals surface area contributed by atoms with Crippen LogP contribution < -0.4 is 5.84 Å². The minimum absolute atomic E-state index is 0.0300. The Morgan fingerprint density at radius 3 is 1.95 bits per heavy atom. The minimum Gasteiger partial charge on any atom is -0.478 e. The third-order valence-corrected chi connectivity index (χ3v) is 2.19. The zero-order valence-electron chi connectivity index (χ0n) is 11.4. The van der Waals surface area contributed by atoms with Gasteiger partial charge in [-0.2, -0.15) is 5.01 Å². The van der Waals surface area contributed by atoms with Crippen molar-refractivity contribution in [3.05, 3.63) is 35.4 Å². The van der Waals surface area contributed by atoms with Gasteiger partial charge >= 0.3 is 12.1 Å². The molecule has 0 heterocycles. The fraction of sp³-hybridized carbons (Fsp3) is 0.308. The summed E-state index contributed by atoms with van der Waals surface area (Å²) in [6, 6.07) is 5.04. The van der Waals surface area contributed by atoms with Gasteiger partial charge in [-0.1, -0.05) is 0 Å². The van der Waals surface area contributed by atoms with Crippen molar-refractivity contribution in [3.8, 4) is 0 Å². The van der Waals surface area contributed by atoms with E-state index in [1.54, 1.807) is 20.8 Å². The number of benzene rings is 1. The number of carbonyl (C=O) groups is 3. The lowest BCUT2D eigenvalue weighted by atomic mass is 10.1. The molecule has 7 nitrogen and oxygen atoms in total. The minimum atomic E-state index is -1.11. The number of carboxylic acids is 1. The van der Waals surface area contributed by atoms with Crippen LogP contribution in [0.4, 0.5) is 4.79 Å². The molecular formula is C13H16N2O5. The first kappa shape index (κ1) is 15.6. The molecule has 7 heteroatoms. The fourth-order valence-corrected chi connectivity index (χ4v) is 1.29. The predicted octanol–water partition coefficient (Wildman–Crippen LogP) is 1.64. The molecule has 1 rings (SSSR count). The van der Waals surface area contributed by atoms with Crippen LogP contribution in [-0.4, -0.2) is 33.7 Å². The topological polar surface area (TPSA) is 110 Å². The van der Waals surface area contributed by atoms with Gasteiger partial charge < -0.3 is 9.84 Å². The van der Waals surface area contributed by atoms with Crippen LogP contribution in [0.15, 0.2) is 24.3 Å². The molecule has 0 aliphatic rings. The summed E-state index contributed by atoms with van der Waals surface area (Å²) in [5.74, 6) is 3.50. The van der Waals surface area contributed by atoms with Crippen LogP contribution in [0.5, 0.6) is 0 Å². The summed E-state index contributed by atoms with van der Waals surface area (Å²) in [5.41, 5.74) is -0.659. The van der Waals surface area contributed by atoms with Crippen LogP contribution in [0.25, 0.3) is 0 Å². The highest BCUT2D eigenvalue weighted by Crippen LogP contribution is 2.11. The summed E-state index contributed by atoms with van der Waals surface area (Å²) >= 11 is 0. The number of imide groups is 1. The largest absolute Gasteiger partial charge is 0.478 e. The lowest BCUT2D eigenvalue weighted by molar-refractivity contribution is 0.0239. The first-order chi connectivity index (χ1) is 9.11. The number of rotatable bonds is 2. The molecule has 1 aromatic carbocycles. The van der Waals surface area contributed by atoms with Crippen LogP contribution >= 0.6 is 0 Å². The molecule has 1 aromatic rings. The molecule has 0 saturated heterocycles. The fourth-order valence-electron chi connectivity index (χ4n) is 1.29. The van der Waals surface area contributed by atoms with Crippen LogP contribution in [0.2, 0.25) is 0 Å². The number of ether oxygens (including phenoxy) is 1. The Kier molecular flexibility index (Phi) is 4.46. The molecule has 0 aromatic heterocycles. The summed E-state index contributed by atoms with van der Waals surface area (Å²) in [4.78, 5) is 34.2. The molecule has 108 valence electrons. The Balaban J connectivity index is 2.84. The zero-order chi connectivity index (χ0) is 15.5. The summed E-state index contributed by atoms with van der Waals surface area (Å²) in [5, 5.41) is 9.09. The third kappa shape index (κ3) is 4.06. The van der Waals surface area contributed by atoms with E-state index in [0.717, 1.165) is 0 Å². The number of amides is 2. The first-order valence-corrected chi connectivity index (χ1v) is 5.77. The second-order valence-electron chi connectivity index (χ2n) is 5.04.